The van der Waals surface area contributed by atoms with Crippen LogP contribution >= 0.6 is 11.3 Å². The van der Waals surface area contributed by atoms with Gasteiger partial charge in [-0.15, -0.1) is 11.3 Å². The number of carbonyl (C=O) groups is 2. The van der Waals surface area contributed by atoms with Crippen molar-refractivity contribution < 1.29 is 9.59 Å². The number of hydrogen-bond donors (Lipinski definition) is 2. The van der Waals surface area contributed by atoms with Gasteiger partial charge in [0.15, 0.2) is 0 Å². The number of carbonyl (C=O) groups excluding carboxylic acids is 2. The molecule has 0 aromatic carbocycles. The van der Waals surface area contributed by atoms with Crippen molar-refractivity contribution in [3.05, 3.63) is 16.0 Å². The first-order chi connectivity index (χ1) is 12.2. The molecule has 1 aromatic heterocycles. The minimum Gasteiger partial charge on any atom is -0.365 e. The summed E-state index contributed by atoms with van der Waals surface area (Å²) in [5.41, 5.74) is 7.63. The molecule has 0 unspecified atom stereocenters. The van der Waals surface area contributed by atoms with Crippen LogP contribution in [0.1, 0.15) is 73.7 Å². The average Bonchev–Trinajstić information content (AvgIpc) is 3.26. The molecule has 2 fully saturated rings. The van der Waals surface area contributed by atoms with Gasteiger partial charge in [-0.05, 0) is 67.3 Å². The zero-order valence-corrected chi connectivity index (χ0v) is 16.9. The Bertz CT molecular complexity index is 746. The van der Waals surface area contributed by atoms with E-state index in [4.69, 9.17) is 5.73 Å². The van der Waals surface area contributed by atoms with Gasteiger partial charge in [-0.2, -0.15) is 0 Å². The van der Waals surface area contributed by atoms with Gasteiger partial charge in [-0.3, -0.25) is 9.59 Å². The molecule has 3 aliphatic rings. The molecular weight excluding hydrogens is 344 g/mol. The number of rotatable bonds is 3. The monoisotopic (exact) mass is 374 g/mol. The lowest BCUT2D eigenvalue weighted by Crippen LogP contribution is -2.28. The highest BCUT2D eigenvalue weighted by Crippen LogP contribution is 2.49. The Kier molecular flexibility index (Phi) is 4.41. The van der Waals surface area contributed by atoms with Crippen LogP contribution in [0.5, 0.6) is 0 Å². The van der Waals surface area contributed by atoms with Crippen molar-refractivity contribution in [3.8, 4) is 0 Å². The van der Waals surface area contributed by atoms with Gasteiger partial charge < -0.3 is 11.1 Å². The van der Waals surface area contributed by atoms with Crippen molar-refractivity contribution in [3.63, 3.8) is 0 Å². The lowest BCUT2D eigenvalue weighted by Gasteiger charge is -2.33. The van der Waals surface area contributed by atoms with Gasteiger partial charge in [-0.1, -0.05) is 27.2 Å². The Balaban J connectivity index is 1.58. The van der Waals surface area contributed by atoms with Crippen molar-refractivity contribution in [2.24, 2.45) is 34.8 Å². The minimum absolute atomic E-state index is 0.102. The normalized spacial score (nSPS) is 30.3. The van der Waals surface area contributed by atoms with Gasteiger partial charge in [0.25, 0.3) is 5.91 Å². The smallest absolute Gasteiger partial charge is 0.251 e. The summed E-state index contributed by atoms with van der Waals surface area (Å²) in [5, 5.41) is 3.81. The van der Waals surface area contributed by atoms with Crippen LogP contribution in [0.15, 0.2) is 0 Å². The van der Waals surface area contributed by atoms with Gasteiger partial charge in [0, 0.05) is 10.8 Å². The first kappa shape index (κ1) is 18.0. The van der Waals surface area contributed by atoms with Crippen LogP contribution in [0.4, 0.5) is 5.00 Å². The minimum atomic E-state index is -0.403. The van der Waals surface area contributed by atoms with E-state index in [1.54, 1.807) is 11.3 Å². The van der Waals surface area contributed by atoms with Crippen molar-refractivity contribution in [2.45, 2.75) is 65.7 Å². The Hall–Kier alpha value is -1.36. The fourth-order valence-electron chi connectivity index (χ4n) is 5.44. The maximum Gasteiger partial charge on any atom is 0.251 e. The molecule has 1 aromatic rings. The van der Waals surface area contributed by atoms with E-state index in [0.717, 1.165) is 37.2 Å². The van der Waals surface area contributed by atoms with Gasteiger partial charge in [0.2, 0.25) is 5.91 Å². The third-order valence-corrected chi connectivity index (χ3v) is 8.22. The van der Waals surface area contributed by atoms with Crippen LogP contribution < -0.4 is 11.1 Å². The van der Waals surface area contributed by atoms with E-state index in [9.17, 15) is 9.59 Å². The highest BCUT2D eigenvalue weighted by molar-refractivity contribution is 7.17. The molecule has 5 heteroatoms. The molecule has 2 bridgehead atoms. The fourth-order valence-corrected chi connectivity index (χ4v) is 6.78. The highest BCUT2D eigenvalue weighted by atomic mass is 32.1. The van der Waals surface area contributed by atoms with E-state index in [2.05, 4.69) is 26.1 Å². The Morgan fingerprint density at radius 1 is 1.15 bits per heavy atom. The Morgan fingerprint density at radius 2 is 1.92 bits per heavy atom. The SMILES string of the molecule is CC(C)(C)[C@H]1CCc2c(sc(NC(=O)[C@@H]3C[C@@H]4CC[C@@H]3C4)c2C(N)=O)C1. The number of hydrogen-bond acceptors (Lipinski definition) is 3. The molecule has 3 N–H and O–H groups in total. The van der Waals surface area contributed by atoms with Crippen LogP contribution in [0.25, 0.3) is 0 Å². The quantitative estimate of drug-likeness (QED) is 0.824. The van der Waals surface area contributed by atoms with E-state index >= 15 is 0 Å². The maximum absolute atomic E-state index is 12.9. The summed E-state index contributed by atoms with van der Waals surface area (Å²) in [6.07, 6.45) is 7.62. The molecule has 142 valence electrons. The standard InChI is InChI=1S/C21H30N2O2S/c1-21(2,3)13-6-7-14-16(10-13)26-20(17(14)18(22)24)23-19(25)15-9-11-4-5-12(15)8-11/h11-13,15H,4-10H2,1-3H3,(H2,22,24)(H,23,25)/t11-,12-,13+,15-/m1/s1. The van der Waals surface area contributed by atoms with E-state index in [0.29, 0.717) is 22.4 Å². The molecule has 2 saturated carbocycles. The number of anilines is 1. The van der Waals surface area contributed by atoms with Crippen molar-refractivity contribution in [1.82, 2.24) is 0 Å². The third-order valence-electron chi connectivity index (χ3n) is 7.05. The summed E-state index contributed by atoms with van der Waals surface area (Å²) >= 11 is 1.58. The molecule has 0 saturated heterocycles. The van der Waals surface area contributed by atoms with Crippen LogP contribution in [-0.2, 0) is 17.6 Å². The fraction of sp³-hybridized carbons (Fsp3) is 0.714. The second-order valence-corrected chi connectivity index (χ2v) is 10.8. The van der Waals surface area contributed by atoms with Crippen LogP contribution in [0.3, 0.4) is 0 Å². The summed E-state index contributed by atoms with van der Waals surface area (Å²) in [7, 11) is 0. The molecule has 26 heavy (non-hydrogen) atoms. The summed E-state index contributed by atoms with van der Waals surface area (Å²) < 4.78 is 0. The van der Waals surface area contributed by atoms with E-state index in [-0.39, 0.29) is 17.2 Å². The molecule has 2 amide bonds. The maximum atomic E-state index is 12.9. The van der Waals surface area contributed by atoms with Gasteiger partial charge in [0.1, 0.15) is 5.00 Å². The summed E-state index contributed by atoms with van der Waals surface area (Å²) in [5.74, 6) is 1.69. The molecule has 3 aliphatic carbocycles. The van der Waals surface area contributed by atoms with Crippen molar-refractivity contribution in [1.29, 1.82) is 0 Å². The van der Waals surface area contributed by atoms with Crippen LogP contribution in [0.2, 0.25) is 0 Å². The van der Waals surface area contributed by atoms with E-state index in [1.807, 2.05) is 0 Å². The predicted octanol–water partition coefficient (Wildman–Crippen LogP) is 4.37. The van der Waals surface area contributed by atoms with Gasteiger partial charge >= 0.3 is 0 Å². The number of primary amides is 1. The van der Waals surface area contributed by atoms with Crippen LogP contribution in [-0.4, -0.2) is 11.8 Å². The average molecular weight is 375 g/mol. The molecule has 4 nitrogen and oxygen atoms in total. The number of amides is 2. The summed E-state index contributed by atoms with van der Waals surface area (Å²) in [4.78, 5) is 26.2. The Morgan fingerprint density at radius 3 is 2.50 bits per heavy atom. The van der Waals surface area contributed by atoms with Crippen molar-refractivity contribution in [2.75, 3.05) is 5.32 Å². The molecule has 4 atom stereocenters. The van der Waals surface area contributed by atoms with Gasteiger partial charge in [0.05, 0.1) is 5.56 Å². The van der Waals surface area contributed by atoms with Gasteiger partial charge in [-0.25, -0.2) is 0 Å². The number of thiophene rings is 1. The van der Waals surface area contributed by atoms with E-state index < -0.39 is 5.91 Å². The first-order valence-corrected chi connectivity index (χ1v) is 10.8. The number of nitrogens with one attached hydrogen (secondary N) is 1. The molecule has 0 radical (unpaired) electrons. The lowest BCUT2D eigenvalue weighted by molar-refractivity contribution is -0.121. The molecule has 1 heterocycles. The highest BCUT2D eigenvalue weighted by Gasteiger charge is 2.43. The second kappa shape index (κ2) is 6.36. The molecule has 4 rings (SSSR count). The zero-order chi connectivity index (χ0) is 18.6. The zero-order valence-electron chi connectivity index (χ0n) is 16.1. The number of fused-ring (bicyclic) bond motifs is 3. The molecule has 0 aliphatic heterocycles. The lowest BCUT2D eigenvalue weighted by atomic mass is 9.72. The Labute approximate surface area is 159 Å². The summed E-state index contributed by atoms with van der Waals surface area (Å²) in [6.45, 7) is 6.84. The van der Waals surface area contributed by atoms with E-state index in [1.165, 1.54) is 24.1 Å². The third kappa shape index (κ3) is 3.08. The topological polar surface area (TPSA) is 72.2 Å². The largest absolute Gasteiger partial charge is 0.365 e. The van der Waals surface area contributed by atoms with Crippen LogP contribution in [0, 0.1) is 29.1 Å². The number of nitrogens with two attached hydrogens (primary N) is 1. The molecule has 0 spiro atoms. The second-order valence-electron chi connectivity index (χ2n) is 9.65. The molecular formula is C21H30N2O2S. The summed E-state index contributed by atoms with van der Waals surface area (Å²) in [6, 6.07) is 0. The first-order valence-electron chi connectivity index (χ1n) is 9.99. The predicted molar refractivity (Wildman–Crippen MR) is 105 cm³/mol. The van der Waals surface area contributed by atoms with Crippen molar-refractivity contribution >= 4 is 28.2 Å².